The number of aromatic nitrogens is 2. The normalized spacial score (nSPS) is 17.5. The van der Waals surface area contributed by atoms with Gasteiger partial charge in [0.1, 0.15) is 29.8 Å². The summed E-state index contributed by atoms with van der Waals surface area (Å²) < 4.78 is 46.8. The van der Waals surface area contributed by atoms with E-state index in [0.717, 1.165) is 22.2 Å². The highest BCUT2D eigenvalue weighted by molar-refractivity contribution is 7.78. The number of hydrogen-bond acceptors (Lipinski definition) is 6. The van der Waals surface area contributed by atoms with Gasteiger partial charge in [0.25, 0.3) is 0 Å². The van der Waals surface area contributed by atoms with E-state index in [1.54, 1.807) is 30.5 Å². The zero-order valence-electron chi connectivity index (χ0n) is 20.9. The first-order valence-corrected chi connectivity index (χ1v) is 13.4. The number of aromatic hydroxyl groups is 1. The number of phenols is 1. The fraction of sp³-hybridized carbons (Fsp3) is 0.286. The average molecular weight is 538 g/mol. The summed E-state index contributed by atoms with van der Waals surface area (Å²) in [6, 6.07) is 15.7. The summed E-state index contributed by atoms with van der Waals surface area (Å²) in [5.41, 5.74) is 3.87. The molecule has 10 heteroatoms. The Labute approximate surface area is 222 Å². The number of quaternary nitrogens is 1. The number of carbonyl (C=O) groups excluding carboxylic acids is 1. The smallest absolute Gasteiger partial charge is 0.307 e. The van der Waals surface area contributed by atoms with Gasteiger partial charge < -0.3 is 19.0 Å². The van der Waals surface area contributed by atoms with Crippen LogP contribution in [0.3, 0.4) is 0 Å². The predicted molar refractivity (Wildman–Crippen MR) is 141 cm³/mol. The molecule has 0 saturated carbocycles. The molecule has 38 heavy (non-hydrogen) atoms. The van der Waals surface area contributed by atoms with E-state index in [1.165, 1.54) is 31.4 Å². The molecule has 2 aromatic heterocycles. The van der Waals surface area contributed by atoms with Gasteiger partial charge in [-0.25, -0.2) is 12.5 Å². The van der Waals surface area contributed by atoms with Crippen LogP contribution in [0.1, 0.15) is 29.8 Å². The monoisotopic (exact) mass is 537 g/mol. The van der Waals surface area contributed by atoms with Crippen LogP contribution in [0.5, 0.6) is 5.75 Å². The molecule has 2 aromatic carbocycles. The summed E-state index contributed by atoms with van der Waals surface area (Å²) in [6.07, 6.45) is 3.32. The van der Waals surface area contributed by atoms with Gasteiger partial charge in [0.15, 0.2) is 11.3 Å². The summed E-state index contributed by atoms with van der Waals surface area (Å²) in [7, 11) is 1.35. The Morgan fingerprint density at radius 1 is 1.24 bits per heavy atom. The molecule has 2 heterocycles. The molecule has 3 unspecified atom stereocenters. The summed E-state index contributed by atoms with van der Waals surface area (Å²) in [5.74, 6) is -0.665. The SMILES string of the molecule is COC(=O)CCn1c2c(c3cc(O)ccc31)CC([N+](Cc1ccccn1)(c1ccc(F)cc1)S(=O)[O-])CC2. The molecule has 3 atom stereocenters. The van der Waals surface area contributed by atoms with Gasteiger partial charge in [-0.1, -0.05) is 6.07 Å². The molecule has 0 bridgehead atoms. The Morgan fingerprint density at radius 2 is 2.03 bits per heavy atom. The van der Waals surface area contributed by atoms with E-state index < -0.39 is 27.0 Å². The van der Waals surface area contributed by atoms with Crippen LogP contribution < -0.4 is 3.89 Å². The van der Waals surface area contributed by atoms with Crippen LogP contribution in [0, 0.1) is 5.82 Å². The predicted octanol–water partition coefficient (Wildman–Crippen LogP) is 4.30. The highest BCUT2D eigenvalue weighted by Gasteiger charge is 2.45. The van der Waals surface area contributed by atoms with Crippen molar-refractivity contribution in [3.8, 4) is 5.75 Å². The maximum absolute atomic E-state index is 13.9. The third-order valence-corrected chi connectivity index (χ3v) is 8.60. The Bertz CT molecular complexity index is 1490. The molecule has 0 fully saturated rings. The number of nitrogens with zero attached hydrogens (tertiary/aromatic N) is 3. The van der Waals surface area contributed by atoms with Gasteiger partial charge in [-0.15, -0.1) is 0 Å². The van der Waals surface area contributed by atoms with Gasteiger partial charge in [0.2, 0.25) is 0 Å². The van der Waals surface area contributed by atoms with Crippen molar-refractivity contribution in [1.82, 2.24) is 13.4 Å². The van der Waals surface area contributed by atoms with E-state index >= 15 is 0 Å². The lowest BCUT2D eigenvalue weighted by Gasteiger charge is -2.45. The van der Waals surface area contributed by atoms with Crippen LogP contribution in [0.25, 0.3) is 10.9 Å². The molecule has 4 aromatic rings. The number of phenolic OH excluding ortho intramolecular Hbond substituents is 1. The molecule has 8 nitrogen and oxygen atoms in total. The second-order valence-corrected chi connectivity index (χ2v) is 10.6. The maximum atomic E-state index is 13.9. The molecular weight excluding hydrogens is 509 g/mol. The van der Waals surface area contributed by atoms with Crippen LogP contribution >= 0.6 is 0 Å². The number of fused-ring (bicyclic) bond motifs is 3. The number of methoxy groups -OCH3 is 1. The Hall–Kier alpha value is -3.60. The fourth-order valence-corrected chi connectivity index (χ4v) is 6.61. The van der Waals surface area contributed by atoms with Gasteiger partial charge in [0, 0.05) is 54.3 Å². The van der Waals surface area contributed by atoms with Crippen molar-refractivity contribution >= 4 is 33.8 Å². The average Bonchev–Trinajstić information content (AvgIpc) is 3.23. The zero-order chi connectivity index (χ0) is 26.9. The molecule has 0 amide bonds. The van der Waals surface area contributed by atoms with Crippen molar-refractivity contribution in [2.75, 3.05) is 7.11 Å². The molecule has 0 radical (unpaired) electrons. The first-order chi connectivity index (χ1) is 18.3. The number of benzene rings is 2. The fourth-order valence-electron chi connectivity index (χ4n) is 5.65. The van der Waals surface area contributed by atoms with E-state index in [2.05, 4.69) is 9.55 Å². The van der Waals surface area contributed by atoms with Gasteiger partial charge in [-0.3, -0.25) is 9.78 Å². The lowest BCUT2D eigenvalue weighted by atomic mass is 9.89. The summed E-state index contributed by atoms with van der Waals surface area (Å²) in [5, 5.41) is 11.1. The van der Waals surface area contributed by atoms with Gasteiger partial charge in [-0.05, 0) is 54.4 Å². The summed E-state index contributed by atoms with van der Waals surface area (Å²) in [4.78, 5) is 16.3. The first kappa shape index (κ1) is 26.0. The van der Waals surface area contributed by atoms with Gasteiger partial charge in [0.05, 0.1) is 19.2 Å². The quantitative estimate of drug-likeness (QED) is 0.204. The lowest BCUT2D eigenvalue weighted by Crippen LogP contribution is -2.59. The number of esters is 1. The molecular formula is C28H28FN3O5S. The highest BCUT2D eigenvalue weighted by Crippen LogP contribution is 2.41. The number of halogens is 1. The second-order valence-electron chi connectivity index (χ2n) is 9.47. The molecule has 1 aliphatic carbocycles. The number of carbonyl (C=O) groups is 1. The molecule has 5 rings (SSSR count). The van der Waals surface area contributed by atoms with Crippen LogP contribution in [0.2, 0.25) is 0 Å². The van der Waals surface area contributed by atoms with E-state index in [4.69, 9.17) is 4.74 Å². The third kappa shape index (κ3) is 4.70. The van der Waals surface area contributed by atoms with Crippen molar-refractivity contribution < 1.29 is 27.8 Å². The number of aryl methyl sites for hydroxylation is 1. The van der Waals surface area contributed by atoms with Crippen LogP contribution in [0.15, 0.2) is 66.9 Å². The largest absolute Gasteiger partial charge is 0.724 e. The van der Waals surface area contributed by atoms with E-state index in [0.29, 0.717) is 37.2 Å². The molecule has 1 N–H and O–H groups in total. The van der Waals surface area contributed by atoms with Crippen molar-refractivity contribution in [2.45, 2.75) is 44.8 Å². The van der Waals surface area contributed by atoms with Gasteiger partial charge in [-0.2, -0.15) is 0 Å². The van der Waals surface area contributed by atoms with Crippen molar-refractivity contribution in [3.63, 3.8) is 0 Å². The summed E-state index contributed by atoms with van der Waals surface area (Å²) >= 11 is -2.63. The molecule has 0 aliphatic heterocycles. The van der Waals surface area contributed by atoms with Crippen molar-refractivity contribution in [3.05, 3.63) is 89.6 Å². The highest BCUT2D eigenvalue weighted by atomic mass is 32.2. The Morgan fingerprint density at radius 3 is 2.71 bits per heavy atom. The van der Waals surface area contributed by atoms with Crippen LogP contribution in [-0.2, 0) is 46.7 Å². The minimum absolute atomic E-state index is 0.0782. The van der Waals surface area contributed by atoms with Crippen molar-refractivity contribution in [1.29, 1.82) is 0 Å². The number of rotatable bonds is 8. The van der Waals surface area contributed by atoms with Crippen molar-refractivity contribution in [2.24, 2.45) is 0 Å². The lowest BCUT2D eigenvalue weighted by molar-refractivity contribution is -0.140. The van der Waals surface area contributed by atoms with E-state index in [-0.39, 0.29) is 24.7 Å². The van der Waals surface area contributed by atoms with Gasteiger partial charge >= 0.3 is 5.97 Å². The Balaban J connectivity index is 1.63. The van der Waals surface area contributed by atoms with E-state index in [1.807, 2.05) is 12.1 Å². The minimum Gasteiger partial charge on any atom is -0.724 e. The van der Waals surface area contributed by atoms with Crippen LogP contribution in [-0.4, -0.2) is 42.5 Å². The molecule has 198 valence electrons. The number of hydrogen-bond donors (Lipinski definition) is 1. The molecule has 0 spiro atoms. The summed E-state index contributed by atoms with van der Waals surface area (Å²) in [6.45, 7) is 0.488. The Kier molecular flexibility index (Phi) is 7.29. The third-order valence-electron chi connectivity index (χ3n) is 7.43. The molecule has 0 saturated heterocycles. The topological polar surface area (TPSA) is 104 Å². The molecule has 1 aliphatic rings. The standard InChI is InChI=1S/C28H28FN3O5S/c1-37-28(34)13-15-31-26-11-9-22(16-24(26)25-17-23(33)10-12-27(25)31)32(38(35)36,18-20-4-2-3-14-30-20)21-7-5-19(29)6-8-21/h2-8,10,12,14,17,22H,9,11,13,15-16,18H2,1H3,(H-,33,35,36). The second kappa shape index (κ2) is 10.6. The minimum atomic E-state index is -2.63. The van der Waals surface area contributed by atoms with E-state index in [9.17, 15) is 23.1 Å². The number of pyridine rings is 1. The number of ether oxygens (including phenoxy) is 1. The maximum Gasteiger partial charge on any atom is 0.307 e. The van der Waals surface area contributed by atoms with Crippen LogP contribution in [0.4, 0.5) is 10.1 Å². The zero-order valence-corrected chi connectivity index (χ0v) is 21.7. The first-order valence-electron chi connectivity index (χ1n) is 12.4.